The number of anilines is 1. The molecule has 2 unspecified atom stereocenters. The molecule has 0 aliphatic carbocycles. The van der Waals surface area contributed by atoms with Gasteiger partial charge in [0.25, 0.3) is 5.56 Å². The lowest BCUT2D eigenvalue weighted by Crippen LogP contribution is -3.00. The number of pyridine rings is 1. The van der Waals surface area contributed by atoms with Gasteiger partial charge in [-0.1, -0.05) is 30.3 Å². The third kappa shape index (κ3) is 4.25. The van der Waals surface area contributed by atoms with Crippen molar-refractivity contribution in [3.8, 4) is 11.4 Å². The number of fused-ring (bicyclic) bond motifs is 1. The summed E-state index contributed by atoms with van der Waals surface area (Å²) in [6, 6.07) is 19.4. The standard InChI is InChI=1S/C23H21N5O6/c1-14(24-25-18-12-11-16(27(31)32)13-20(18)28(33)34)21-22(29)17-9-5-6-10-19(17)26(23(21)30)15-7-3-2-4-8-15/h2-13,25,27-29,31,33H,1H3. The second kappa shape index (κ2) is 9.41. The van der Waals surface area contributed by atoms with Crippen LogP contribution in [0.2, 0.25) is 0 Å². The van der Waals surface area contributed by atoms with Gasteiger partial charge < -0.3 is 15.5 Å². The van der Waals surface area contributed by atoms with Crippen molar-refractivity contribution in [1.82, 2.24) is 4.57 Å². The Bertz CT molecular complexity index is 1430. The summed E-state index contributed by atoms with van der Waals surface area (Å²) in [7, 11) is 0. The second-order valence-corrected chi connectivity index (χ2v) is 7.40. The maximum atomic E-state index is 13.5. The van der Waals surface area contributed by atoms with Crippen LogP contribution in [0, 0.1) is 10.4 Å². The van der Waals surface area contributed by atoms with E-state index in [9.17, 15) is 25.5 Å². The zero-order chi connectivity index (χ0) is 24.4. The van der Waals surface area contributed by atoms with Gasteiger partial charge in [-0.05, 0) is 37.3 Å². The molecule has 4 aromatic rings. The first-order chi connectivity index (χ1) is 16.3. The zero-order valence-corrected chi connectivity index (χ0v) is 17.9. The SMILES string of the molecule is CC(=NNc1ccc([NH+]([O-])O)cc1[NH+]([O-])O)c1c(O)c2ccccc2n(-c2ccccc2)c1=O. The maximum Gasteiger partial charge on any atom is 0.268 e. The minimum atomic E-state index is -1.35. The van der Waals surface area contributed by atoms with Gasteiger partial charge in [-0.3, -0.25) is 14.8 Å². The van der Waals surface area contributed by atoms with E-state index in [-0.39, 0.29) is 34.1 Å². The quantitative estimate of drug-likeness (QED) is 0.186. The fraction of sp³-hybridized carbons (Fsp3) is 0.0435. The Hall–Kier alpha value is -4.10. The van der Waals surface area contributed by atoms with Crippen LogP contribution in [0.25, 0.3) is 16.6 Å². The van der Waals surface area contributed by atoms with Crippen molar-refractivity contribution in [2.24, 2.45) is 5.10 Å². The molecule has 2 atom stereocenters. The average Bonchev–Trinajstić information content (AvgIpc) is 2.83. The monoisotopic (exact) mass is 463 g/mol. The topological polar surface area (TPSA) is 162 Å². The molecule has 0 aliphatic heterocycles. The van der Waals surface area contributed by atoms with Crippen LogP contribution in [0.5, 0.6) is 5.75 Å². The number of benzene rings is 3. The summed E-state index contributed by atoms with van der Waals surface area (Å²) in [4.78, 5) is 13.5. The Morgan fingerprint density at radius 3 is 2.32 bits per heavy atom. The van der Waals surface area contributed by atoms with Crippen molar-refractivity contribution in [1.29, 1.82) is 0 Å². The zero-order valence-electron chi connectivity index (χ0n) is 17.9. The van der Waals surface area contributed by atoms with Crippen LogP contribution in [0.4, 0.5) is 17.1 Å². The molecule has 0 radical (unpaired) electrons. The van der Waals surface area contributed by atoms with E-state index in [0.717, 1.165) is 6.07 Å². The van der Waals surface area contributed by atoms with Gasteiger partial charge in [0.2, 0.25) is 0 Å². The van der Waals surface area contributed by atoms with E-state index in [1.165, 1.54) is 23.6 Å². The molecule has 0 bridgehead atoms. The summed E-state index contributed by atoms with van der Waals surface area (Å²) < 4.78 is 1.47. The molecule has 3 aromatic carbocycles. The maximum absolute atomic E-state index is 13.5. The first-order valence-corrected chi connectivity index (χ1v) is 10.1. The van der Waals surface area contributed by atoms with Gasteiger partial charge in [0.05, 0.1) is 17.3 Å². The molecule has 11 heteroatoms. The van der Waals surface area contributed by atoms with E-state index in [4.69, 9.17) is 5.21 Å². The highest BCUT2D eigenvalue weighted by Gasteiger charge is 2.20. The summed E-state index contributed by atoms with van der Waals surface area (Å²) >= 11 is 0. The molecule has 6 N–H and O–H groups in total. The van der Waals surface area contributed by atoms with Crippen LogP contribution in [0.3, 0.4) is 0 Å². The largest absolute Gasteiger partial charge is 0.595 e. The lowest BCUT2D eigenvalue weighted by Gasteiger charge is -2.18. The van der Waals surface area contributed by atoms with Crippen LogP contribution >= 0.6 is 0 Å². The third-order valence-corrected chi connectivity index (χ3v) is 5.27. The number of hydrogen-bond donors (Lipinski definition) is 6. The molecule has 174 valence electrons. The van der Waals surface area contributed by atoms with Crippen molar-refractivity contribution in [2.75, 3.05) is 5.43 Å². The molecule has 1 aromatic heterocycles. The molecule has 0 amide bonds. The summed E-state index contributed by atoms with van der Waals surface area (Å²) in [5, 5.41) is 54.2. The lowest BCUT2D eigenvalue weighted by molar-refractivity contribution is -0.996. The van der Waals surface area contributed by atoms with E-state index >= 15 is 0 Å². The predicted molar refractivity (Wildman–Crippen MR) is 125 cm³/mol. The van der Waals surface area contributed by atoms with Gasteiger partial charge in [0.15, 0.2) is 11.4 Å². The number of rotatable bonds is 6. The Labute approximate surface area is 192 Å². The second-order valence-electron chi connectivity index (χ2n) is 7.40. The van der Waals surface area contributed by atoms with Crippen LogP contribution in [-0.2, 0) is 0 Å². The first-order valence-electron chi connectivity index (χ1n) is 10.1. The predicted octanol–water partition coefficient (Wildman–Crippen LogP) is 1.34. The van der Waals surface area contributed by atoms with Gasteiger partial charge >= 0.3 is 0 Å². The Morgan fingerprint density at radius 2 is 1.65 bits per heavy atom. The molecule has 0 saturated carbocycles. The third-order valence-electron chi connectivity index (χ3n) is 5.27. The Kier molecular flexibility index (Phi) is 6.38. The van der Waals surface area contributed by atoms with Gasteiger partial charge in [-0.25, -0.2) is 10.4 Å². The number of para-hydroxylation sites is 2. The molecule has 0 spiro atoms. The minimum Gasteiger partial charge on any atom is -0.595 e. The molecular weight excluding hydrogens is 442 g/mol. The molecular formula is C23H21N5O6. The van der Waals surface area contributed by atoms with Crippen molar-refractivity contribution in [3.63, 3.8) is 0 Å². The average molecular weight is 463 g/mol. The van der Waals surface area contributed by atoms with Crippen molar-refractivity contribution in [3.05, 3.63) is 99.1 Å². The molecule has 1 heterocycles. The van der Waals surface area contributed by atoms with Crippen molar-refractivity contribution < 1.29 is 26.0 Å². The van der Waals surface area contributed by atoms with Gasteiger partial charge in [0.1, 0.15) is 17.0 Å². The number of nitrogens with one attached hydrogen (secondary N) is 3. The van der Waals surface area contributed by atoms with Crippen molar-refractivity contribution in [2.45, 2.75) is 6.92 Å². The van der Waals surface area contributed by atoms with Gasteiger partial charge in [-0.2, -0.15) is 15.6 Å². The lowest BCUT2D eigenvalue weighted by atomic mass is 10.1. The highest BCUT2D eigenvalue weighted by atomic mass is 16.8. The molecule has 34 heavy (non-hydrogen) atoms. The Morgan fingerprint density at radius 1 is 0.971 bits per heavy atom. The molecule has 0 fully saturated rings. The number of aromatic hydroxyl groups is 1. The van der Waals surface area contributed by atoms with Crippen molar-refractivity contribution >= 4 is 33.7 Å². The Balaban J connectivity index is 1.84. The highest BCUT2D eigenvalue weighted by molar-refractivity contribution is 6.05. The summed E-state index contributed by atoms with van der Waals surface area (Å²) in [6.45, 7) is 1.50. The number of nitrogens with zero attached hydrogens (tertiary/aromatic N) is 2. The van der Waals surface area contributed by atoms with E-state index in [1.54, 1.807) is 48.5 Å². The fourth-order valence-corrected chi connectivity index (χ4v) is 3.64. The van der Waals surface area contributed by atoms with Crippen LogP contribution < -0.4 is 21.4 Å². The minimum absolute atomic E-state index is 0.0283. The van der Waals surface area contributed by atoms with E-state index < -0.39 is 16.0 Å². The van der Waals surface area contributed by atoms with Gasteiger partial charge in [0, 0.05) is 17.1 Å². The molecule has 4 rings (SSSR count). The highest BCUT2D eigenvalue weighted by Crippen LogP contribution is 2.28. The normalized spacial score (nSPS) is 13.6. The van der Waals surface area contributed by atoms with Crippen LogP contribution in [-0.4, -0.2) is 25.8 Å². The number of aromatic nitrogens is 1. The van der Waals surface area contributed by atoms with E-state index in [1.807, 2.05) is 6.07 Å². The number of hydrazone groups is 1. The van der Waals surface area contributed by atoms with E-state index in [2.05, 4.69) is 10.5 Å². The number of quaternary nitrogens is 2. The number of hydrogen-bond acceptors (Lipinski definition) is 8. The smallest absolute Gasteiger partial charge is 0.268 e. The molecule has 0 saturated heterocycles. The van der Waals surface area contributed by atoms with Crippen LogP contribution in [0.1, 0.15) is 12.5 Å². The van der Waals surface area contributed by atoms with Gasteiger partial charge in [-0.15, -0.1) is 0 Å². The molecule has 11 nitrogen and oxygen atoms in total. The fourth-order valence-electron chi connectivity index (χ4n) is 3.64. The van der Waals surface area contributed by atoms with E-state index in [0.29, 0.717) is 16.6 Å². The first kappa shape index (κ1) is 23.1. The summed E-state index contributed by atoms with van der Waals surface area (Å²) in [6.07, 6.45) is 0. The molecule has 0 aliphatic rings. The summed E-state index contributed by atoms with van der Waals surface area (Å²) in [5.74, 6) is -0.254. The van der Waals surface area contributed by atoms with Crippen LogP contribution in [0.15, 0.2) is 82.7 Å². The summed E-state index contributed by atoms with van der Waals surface area (Å²) in [5.41, 5.74) is 2.76.